The van der Waals surface area contributed by atoms with Crippen LogP contribution in [-0.2, 0) is 6.42 Å². The lowest BCUT2D eigenvalue weighted by atomic mass is 10.0. The van der Waals surface area contributed by atoms with Crippen LogP contribution in [0.3, 0.4) is 0 Å². The number of rotatable bonds is 5. The third-order valence-corrected chi connectivity index (χ3v) is 3.73. The molecule has 0 bridgehead atoms. The maximum Gasteiger partial charge on any atom is 0.0178 e. The van der Waals surface area contributed by atoms with Crippen LogP contribution < -0.4 is 0 Å². The quantitative estimate of drug-likeness (QED) is 0.636. The van der Waals surface area contributed by atoms with Gasteiger partial charge in [0.1, 0.15) is 0 Å². The van der Waals surface area contributed by atoms with Crippen molar-refractivity contribution in [1.82, 2.24) is 0 Å². The predicted octanol–water partition coefficient (Wildman–Crippen LogP) is 5.36. The maximum absolute atomic E-state index is 3.53. The summed E-state index contributed by atoms with van der Waals surface area (Å²) in [6.45, 7) is 2.27. The Kier molecular flexibility index (Phi) is 4.22. The fourth-order valence-corrected chi connectivity index (χ4v) is 2.73. The van der Waals surface area contributed by atoms with Gasteiger partial charge in [-0.1, -0.05) is 59.8 Å². The highest BCUT2D eigenvalue weighted by atomic mass is 79.9. The summed E-state index contributed by atoms with van der Waals surface area (Å²) in [5.74, 6) is 0. The van der Waals surface area contributed by atoms with Crippen molar-refractivity contribution in [2.24, 2.45) is 0 Å². The third-order valence-electron chi connectivity index (χ3n) is 3.23. The molecular weight excluding hydrogens is 260 g/mol. The SMILES string of the molecule is CCCCCCC1=Cc2ccc(Br)cc2C1. The number of hydrogen-bond acceptors (Lipinski definition) is 0. The zero-order valence-electron chi connectivity index (χ0n) is 9.93. The van der Waals surface area contributed by atoms with Crippen molar-refractivity contribution < 1.29 is 0 Å². The van der Waals surface area contributed by atoms with E-state index in [2.05, 4.69) is 47.1 Å². The second kappa shape index (κ2) is 5.67. The summed E-state index contributed by atoms with van der Waals surface area (Å²) in [4.78, 5) is 0. The molecule has 0 radical (unpaired) electrons. The lowest BCUT2D eigenvalue weighted by molar-refractivity contribution is 0.662. The van der Waals surface area contributed by atoms with Gasteiger partial charge in [-0.25, -0.2) is 0 Å². The fraction of sp³-hybridized carbons (Fsp3) is 0.467. The van der Waals surface area contributed by atoms with Gasteiger partial charge in [0.05, 0.1) is 0 Å². The van der Waals surface area contributed by atoms with Crippen LogP contribution in [0.2, 0.25) is 0 Å². The maximum atomic E-state index is 3.53. The van der Waals surface area contributed by atoms with Crippen molar-refractivity contribution in [2.75, 3.05) is 0 Å². The molecule has 1 heteroatoms. The summed E-state index contributed by atoms with van der Waals surface area (Å²) in [6.07, 6.45) is 10.3. The highest BCUT2D eigenvalue weighted by molar-refractivity contribution is 9.10. The number of unbranched alkanes of at least 4 members (excludes halogenated alkanes) is 3. The fourth-order valence-electron chi connectivity index (χ4n) is 2.32. The molecule has 0 amide bonds. The Bertz CT molecular complexity index is 390. The van der Waals surface area contributed by atoms with Gasteiger partial charge in [-0.15, -0.1) is 0 Å². The number of hydrogen-bond donors (Lipinski definition) is 0. The predicted molar refractivity (Wildman–Crippen MR) is 74.6 cm³/mol. The van der Waals surface area contributed by atoms with Gasteiger partial charge >= 0.3 is 0 Å². The first-order valence-electron chi connectivity index (χ1n) is 6.27. The average Bonchev–Trinajstić information content (AvgIpc) is 2.66. The highest BCUT2D eigenvalue weighted by Gasteiger charge is 2.11. The molecule has 0 aromatic heterocycles. The van der Waals surface area contributed by atoms with Gasteiger partial charge in [0.2, 0.25) is 0 Å². The smallest absolute Gasteiger partial charge is 0.0178 e. The molecule has 1 aliphatic rings. The molecule has 0 unspecified atom stereocenters. The molecule has 0 heterocycles. The number of allylic oxidation sites excluding steroid dienone is 1. The molecule has 1 aromatic rings. The zero-order valence-corrected chi connectivity index (χ0v) is 11.5. The molecule has 1 aliphatic carbocycles. The zero-order chi connectivity index (χ0) is 11.4. The molecular formula is C15H19Br. The van der Waals surface area contributed by atoms with E-state index in [0.717, 1.165) is 0 Å². The van der Waals surface area contributed by atoms with Crippen molar-refractivity contribution >= 4 is 22.0 Å². The normalized spacial score (nSPS) is 13.8. The van der Waals surface area contributed by atoms with Gasteiger partial charge in [-0.3, -0.25) is 0 Å². The van der Waals surface area contributed by atoms with E-state index < -0.39 is 0 Å². The van der Waals surface area contributed by atoms with Gasteiger partial charge in [0.25, 0.3) is 0 Å². The van der Waals surface area contributed by atoms with Crippen LogP contribution >= 0.6 is 15.9 Å². The van der Waals surface area contributed by atoms with Gasteiger partial charge in [-0.2, -0.15) is 0 Å². The van der Waals surface area contributed by atoms with Crippen molar-refractivity contribution in [3.63, 3.8) is 0 Å². The Morgan fingerprint density at radius 3 is 2.88 bits per heavy atom. The Morgan fingerprint density at radius 2 is 2.06 bits per heavy atom. The Morgan fingerprint density at radius 1 is 1.19 bits per heavy atom. The highest BCUT2D eigenvalue weighted by Crippen LogP contribution is 2.30. The van der Waals surface area contributed by atoms with Crippen LogP contribution in [0.1, 0.15) is 50.2 Å². The van der Waals surface area contributed by atoms with Gasteiger partial charge in [0, 0.05) is 4.47 Å². The van der Waals surface area contributed by atoms with Crippen LogP contribution in [0, 0.1) is 0 Å². The summed E-state index contributed by atoms with van der Waals surface area (Å²) < 4.78 is 1.20. The van der Waals surface area contributed by atoms with Crippen LogP contribution in [0.25, 0.3) is 6.08 Å². The van der Waals surface area contributed by atoms with Gasteiger partial charge in [0.15, 0.2) is 0 Å². The van der Waals surface area contributed by atoms with E-state index in [-0.39, 0.29) is 0 Å². The van der Waals surface area contributed by atoms with E-state index in [4.69, 9.17) is 0 Å². The molecule has 0 spiro atoms. The summed E-state index contributed by atoms with van der Waals surface area (Å²) in [5, 5.41) is 0. The van der Waals surface area contributed by atoms with E-state index in [9.17, 15) is 0 Å². The van der Waals surface area contributed by atoms with Crippen LogP contribution in [-0.4, -0.2) is 0 Å². The van der Waals surface area contributed by atoms with E-state index >= 15 is 0 Å². The Balaban J connectivity index is 1.88. The van der Waals surface area contributed by atoms with Crippen LogP contribution in [0.4, 0.5) is 0 Å². The van der Waals surface area contributed by atoms with E-state index in [1.54, 1.807) is 5.57 Å². The third kappa shape index (κ3) is 2.98. The molecule has 0 aliphatic heterocycles. The van der Waals surface area contributed by atoms with Crippen LogP contribution in [0.15, 0.2) is 28.2 Å². The van der Waals surface area contributed by atoms with Crippen molar-refractivity contribution in [1.29, 1.82) is 0 Å². The molecule has 0 N–H and O–H groups in total. The number of benzene rings is 1. The number of halogens is 1. The van der Waals surface area contributed by atoms with Crippen molar-refractivity contribution in [2.45, 2.75) is 45.4 Å². The minimum atomic E-state index is 1.17. The first-order valence-corrected chi connectivity index (χ1v) is 7.07. The summed E-state index contributed by atoms with van der Waals surface area (Å²) in [7, 11) is 0. The van der Waals surface area contributed by atoms with Crippen LogP contribution in [0.5, 0.6) is 0 Å². The van der Waals surface area contributed by atoms with Crippen molar-refractivity contribution in [3.8, 4) is 0 Å². The molecule has 0 nitrogen and oxygen atoms in total. The Hall–Kier alpha value is -0.560. The number of fused-ring (bicyclic) bond motifs is 1. The molecule has 86 valence electrons. The summed E-state index contributed by atoms with van der Waals surface area (Å²) in [6, 6.07) is 6.61. The Labute approximate surface area is 107 Å². The second-order valence-corrected chi connectivity index (χ2v) is 5.55. The molecule has 16 heavy (non-hydrogen) atoms. The van der Waals surface area contributed by atoms with E-state index in [1.165, 1.54) is 54.1 Å². The molecule has 0 saturated carbocycles. The molecule has 0 saturated heterocycles. The summed E-state index contributed by atoms with van der Waals surface area (Å²) in [5.41, 5.74) is 4.53. The average molecular weight is 279 g/mol. The summed E-state index contributed by atoms with van der Waals surface area (Å²) >= 11 is 3.53. The molecule has 0 fully saturated rings. The monoisotopic (exact) mass is 278 g/mol. The topological polar surface area (TPSA) is 0 Å². The lowest BCUT2D eigenvalue weighted by Gasteiger charge is -2.01. The molecule has 1 aromatic carbocycles. The van der Waals surface area contributed by atoms with Gasteiger partial charge in [-0.05, 0) is 42.5 Å². The second-order valence-electron chi connectivity index (χ2n) is 4.63. The minimum absolute atomic E-state index is 1.17. The van der Waals surface area contributed by atoms with E-state index in [0.29, 0.717) is 0 Å². The minimum Gasteiger partial charge on any atom is -0.0654 e. The first-order chi connectivity index (χ1) is 7.79. The lowest BCUT2D eigenvalue weighted by Crippen LogP contribution is -1.86. The van der Waals surface area contributed by atoms with Gasteiger partial charge < -0.3 is 0 Å². The standard InChI is InChI=1S/C15H19Br/c1-2-3-4-5-6-12-9-13-7-8-15(16)11-14(13)10-12/h7-9,11H,2-6,10H2,1H3. The van der Waals surface area contributed by atoms with E-state index in [1.807, 2.05) is 0 Å². The molecule has 0 atom stereocenters. The first kappa shape index (κ1) is 11.9. The molecule has 2 rings (SSSR count). The van der Waals surface area contributed by atoms with Crippen molar-refractivity contribution in [3.05, 3.63) is 39.4 Å². The largest absolute Gasteiger partial charge is 0.0654 e.